The number of halogens is 3. The van der Waals surface area contributed by atoms with Crippen LogP contribution in [0.25, 0.3) is 0 Å². The van der Waals surface area contributed by atoms with E-state index in [1.807, 2.05) is 0 Å². The quantitative estimate of drug-likeness (QED) is 0.869. The Balaban J connectivity index is 2.28. The lowest BCUT2D eigenvalue weighted by atomic mass is 10.0. The number of rotatable bonds is 4. The summed E-state index contributed by atoms with van der Waals surface area (Å²) in [5.41, 5.74) is 1.02. The highest BCUT2D eigenvalue weighted by molar-refractivity contribution is 9.10. The normalized spacial score (nSPS) is 12.2. The molecule has 1 atom stereocenters. The molecule has 2 rings (SSSR count). The van der Waals surface area contributed by atoms with Gasteiger partial charge in [0.1, 0.15) is 0 Å². The molecule has 0 aliphatic rings. The predicted octanol–water partition coefficient (Wildman–Crippen LogP) is 4.53. The maximum absolute atomic E-state index is 14.1. The van der Waals surface area contributed by atoms with Gasteiger partial charge in [-0.15, -0.1) is 0 Å². The maximum atomic E-state index is 14.1. The average molecular weight is 360 g/mol. The van der Waals surface area contributed by atoms with Crippen molar-refractivity contribution >= 4 is 27.5 Å². The largest absolute Gasteiger partial charge is 0.494 e. The first-order chi connectivity index (χ1) is 9.52. The van der Waals surface area contributed by atoms with E-state index in [-0.39, 0.29) is 12.2 Å². The molecule has 0 bridgehead atoms. The van der Waals surface area contributed by atoms with Crippen molar-refractivity contribution < 1.29 is 14.2 Å². The SMILES string of the molecule is COc1cccc(CC(O)c2cc(Cl)ccc2Br)c1F. The summed E-state index contributed by atoms with van der Waals surface area (Å²) < 4.78 is 19.7. The van der Waals surface area contributed by atoms with E-state index >= 15 is 0 Å². The molecule has 0 radical (unpaired) electrons. The predicted molar refractivity (Wildman–Crippen MR) is 80.8 cm³/mol. The highest BCUT2D eigenvalue weighted by Gasteiger charge is 2.16. The van der Waals surface area contributed by atoms with Crippen LogP contribution in [0.5, 0.6) is 5.75 Å². The molecule has 0 aliphatic heterocycles. The molecule has 5 heteroatoms. The van der Waals surface area contributed by atoms with Gasteiger partial charge < -0.3 is 9.84 Å². The van der Waals surface area contributed by atoms with Gasteiger partial charge in [-0.1, -0.05) is 39.7 Å². The number of methoxy groups -OCH3 is 1. The molecule has 0 saturated carbocycles. The third-order valence-electron chi connectivity index (χ3n) is 2.99. The van der Waals surface area contributed by atoms with Crippen LogP contribution in [0.2, 0.25) is 5.02 Å². The van der Waals surface area contributed by atoms with Gasteiger partial charge in [0, 0.05) is 15.9 Å². The van der Waals surface area contributed by atoms with E-state index in [1.165, 1.54) is 7.11 Å². The first-order valence-corrected chi connectivity index (χ1v) is 7.14. The molecule has 0 aliphatic carbocycles. The molecule has 0 amide bonds. The lowest BCUT2D eigenvalue weighted by Gasteiger charge is -2.15. The van der Waals surface area contributed by atoms with Crippen molar-refractivity contribution in [3.05, 3.63) is 62.8 Å². The molecule has 20 heavy (non-hydrogen) atoms. The number of aliphatic hydroxyl groups is 1. The Bertz CT molecular complexity index is 619. The first kappa shape index (κ1) is 15.3. The highest BCUT2D eigenvalue weighted by atomic mass is 79.9. The third-order valence-corrected chi connectivity index (χ3v) is 3.95. The van der Waals surface area contributed by atoms with Gasteiger partial charge in [0.05, 0.1) is 13.2 Å². The summed E-state index contributed by atoms with van der Waals surface area (Å²) in [5.74, 6) is -0.285. The van der Waals surface area contributed by atoms with Crippen molar-refractivity contribution in [3.8, 4) is 5.75 Å². The van der Waals surface area contributed by atoms with Crippen LogP contribution in [-0.4, -0.2) is 12.2 Å². The van der Waals surface area contributed by atoms with E-state index < -0.39 is 11.9 Å². The molecule has 0 saturated heterocycles. The van der Waals surface area contributed by atoms with Gasteiger partial charge in [-0.2, -0.15) is 0 Å². The molecular weight excluding hydrogens is 347 g/mol. The summed E-state index contributed by atoms with van der Waals surface area (Å²) in [5, 5.41) is 10.8. The molecule has 106 valence electrons. The second-order valence-electron chi connectivity index (χ2n) is 4.32. The Hall–Kier alpha value is -1.10. The van der Waals surface area contributed by atoms with Gasteiger partial charge in [-0.05, 0) is 35.4 Å². The van der Waals surface area contributed by atoms with Crippen LogP contribution in [0.15, 0.2) is 40.9 Å². The Morgan fingerprint density at radius 1 is 1.35 bits per heavy atom. The van der Waals surface area contributed by atoms with Crippen LogP contribution in [0.3, 0.4) is 0 Å². The molecular formula is C15H13BrClFO2. The van der Waals surface area contributed by atoms with Crippen LogP contribution < -0.4 is 4.74 Å². The van der Waals surface area contributed by atoms with Gasteiger partial charge in [-0.3, -0.25) is 0 Å². The fourth-order valence-electron chi connectivity index (χ4n) is 1.96. The summed E-state index contributed by atoms with van der Waals surface area (Å²) in [7, 11) is 1.41. The van der Waals surface area contributed by atoms with E-state index in [1.54, 1.807) is 36.4 Å². The number of hydrogen-bond acceptors (Lipinski definition) is 2. The van der Waals surface area contributed by atoms with E-state index in [4.69, 9.17) is 16.3 Å². The lowest BCUT2D eigenvalue weighted by molar-refractivity contribution is 0.176. The van der Waals surface area contributed by atoms with Gasteiger partial charge in [0.15, 0.2) is 11.6 Å². The number of aliphatic hydroxyl groups excluding tert-OH is 1. The van der Waals surface area contributed by atoms with Crippen LogP contribution in [0.1, 0.15) is 17.2 Å². The minimum absolute atomic E-state index is 0.141. The second-order valence-corrected chi connectivity index (χ2v) is 5.61. The average Bonchev–Trinajstić information content (AvgIpc) is 2.43. The van der Waals surface area contributed by atoms with Gasteiger partial charge in [0.2, 0.25) is 0 Å². The Morgan fingerprint density at radius 2 is 2.10 bits per heavy atom. The van der Waals surface area contributed by atoms with Crippen molar-refractivity contribution in [1.29, 1.82) is 0 Å². The highest BCUT2D eigenvalue weighted by Crippen LogP contribution is 2.30. The van der Waals surface area contributed by atoms with Crippen molar-refractivity contribution in [2.45, 2.75) is 12.5 Å². The standard InChI is InChI=1S/C15H13BrClFO2/c1-20-14-4-2-3-9(15(14)18)7-13(19)11-8-10(17)5-6-12(11)16/h2-6,8,13,19H,7H2,1H3. The smallest absolute Gasteiger partial charge is 0.168 e. The second kappa shape index (κ2) is 6.57. The molecule has 1 N–H and O–H groups in total. The molecule has 1 unspecified atom stereocenters. The number of benzene rings is 2. The molecule has 0 spiro atoms. The minimum Gasteiger partial charge on any atom is -0.494 e. The van der Waals surface area contributed by atoms with Crippen molar-refractivity contribution in [3.63, 3.8) is 0 Å². The van der Waals surface area contributed by atoms with Crippen molar-refractivity contribution in [1.82, 2.24) is 0 Å². The third kappa shape index (κ3) is 3.32. The summed E-state index contributed by atoms with van der Waals surface area (Å²) in [6.07, 6.45) is -0.716. The summed E-state index contributed by atoms with van der Waals surface area (Å²) in [4.78, 5) is 0. The number of ether oxygens (including phenoxy) is 1. The van der Waals surface area contributed by atoms with E-state index in [0.717, 1.165) is 4.47 Å². The van der Waals surface area contributed by atoms with Crippen molar-refractivity contribution in [2.24, 2.45) is 0 Å². The van der Waals surface area contributed by atoms with E-state index in [2.05, 4.69) is 15.9 Å². The molecule has 2 nitrogen and oxygen atoms in total. The minimum atomic E-state index is -0.857. The fraction of sp³-hybridized carbons (Fsp3) is 0.200. The monoisotopic (exact) mass is 358 g/mol. The zero-order valence-corrected chi connectivity index (χ0v) is 13.1. The van der Waals surface area contributed by atoms with Crippen LogP contribution >= 0.6 is 27.5 Å². The Labute approximate surface area is 130 Å². The van der Waals surface area contributed by atoms with Gasteiger partial charge in [-0.25, -0.2) is 4.39 Å². The summed E-state index contributed by atoms with van der Waals surface area (Å²) in [6.45, 7) is 0. The first-order valence-electron chi connectivity index (χ1n) is 5.97. The van der Waals surface area contributed by atoms with Gasteiger partial charge >= 0.3 is 0 Å². The lowest BCUT2D eigenvalue weighted by Crippen LogP contribution is -2.05. The van der Waals surface area contributed by atoms with Crippen molar-refractivity contribution in [2.75, 3.05) is 7.11 Å². The van der Waals surface area contributed by atoms with Crippen LogP contribution in [-0.2, 0) is 6.42 Å². The Kier molecular flexibility index (Phi) is 5.02. The van der Waals surface area contributed by atoms with E-state index in [0.29, 0.717) is 16.1 Å². The summed E-state index contributed by atoms with van der Waals surface area (Å²) in [6, 6.07) is 9.99. The molecule has 2 aromatic rings. The Morgan fingerprint density at radius 3 is 2.80 bits per heavy atom. The molecule has 2 aromatic carbocycles. The maximum Gasteiger partial charge on any atom is 0.168 e. The zero-order chi connectivity index (χ0) is 14.7. The summed E-state index contributed by atoms with van der Waals surface area (Å²) >= 11 is 9.27. The fourth-order valence-corrected chi connectivity index (χ4v) is 2.65. The molecule has 0 aromatic heterocycles. The van der Waals surface area contributed by atoms with Crippen LogP contribution in [0, 0.1) is 5.82 Å². The van der Waals surface area contributed by atoms with E-state index in [9.17, 15) is 9.50 Å². The van der Waals surface area contributed by atoms with Gasteiger partial charge in [0.25, 0.3) is 0 Å². The van der Waals surface area contributed by atoms with Crippen LogP contribution in [0.4, 0.5) is 4.39 Å². The molecule has 0 fully saturated rings. The zero-order valence-electron chi connectivity index (χ0n) is 10.7. The molecule has 0 heterocycles. The number of hydrogen-bond donors (Lipinski definition) is 1. The topological polar surface area (TPSA) is 29.5 Å².